The predicted molar refractivity (Wildman–Crippen MR) is 116 cm³/mol. The van der Waals surface area contributed by atoms with Crippen LogP contribution in [0.25, 0.3) is 10.2 Å². The molecule has 0 radical (unpaired) electrons. The molecule has 4 rings (SSSR count). The van der Waals surface area contributed by atoms with Gasteiger partial charge < -0.3 is 0 Å². The molecule has 5 heteroatoms. The zero-order chi connectivity index (χ0) is 17.4. The Morgan fingerprint density at radius 2 is 1.96 bits per heavy atom. The van der Waals surface area contributed by atoms with Gasteiger partial charge >= 0.3 is 0 Å². The molecule has 0 N–H and O–H groups in total. The van der Waals surface area contributed by atoms with Gasteiger partial charge in [0.25, 0.3) is 0 Å². The van der Waals surface area contributed by atoms with Crippen molar-refractivity contribution in [3.05, 3.63) is 58.4 Å². The molecule has 1 saturated heterocycles. The van der Waals surface area contributed by atoms with Crippen LogP contribution in [0.5, 0.6) is 0 Å². The Kier molecular flexibility index (Phi) is 6.00. The Bertz CT molecular complexity index is 870. The van der Waals surface area contributed by atoms with Crippen LogP contribution in [-0.2, 0) is 6.42 Å². The summed E-state index contributed by atoms with van der Waals surface area (Å²) in [4.78, 5) is 11.6. The van der Waals surface area contributed by atoms with Crippen molar-refractivity contribution in [1.29, 1.82) is 0 Å². The van der Waals surface area contributed by atoms with Crippen molar-refractivity contribution in [2.24, 2.45) is 5.92 Å². The minimum Gasteiger partial charge on any atom is -0.296 e. The number of hydrogen-bond acceptors (Lipinski definition) is 4. The molecule has 2 aromatic heterocycles. The van der Waals surface area contributed by atoms with Crippen molar-refractivity contribution in [3.8, 4) is 0 Å². The van der Waals surface area contributed by atoms with E-state index >= 15 is 0 Å². The zero-order valence-corrected chi connectivity index (χ0v) is 17.5. The second-order valence-electron chi connectivity index (χ2n) is 7.37. The van der Waals surface area contributed by atoms with Gasteiger partial charge in [0, 0.05) is 24.0 Å². The van der Waals surface area contributed by atoms with Crippen LogP contribution >= 0.6 is 24.8 Å². The highest BCUT2D eigenvalue weighted by Gasteiger charge is 2.27. The van der Waals surface area contributed by atoms with E-state index in [9.17, 15) is 0 Å². The summed E-state index contributed by atoms with van der Waals surface area (Å²) in [5.74, 6) is 0.742. The molecule has 1 aliphatic rings. The molecule has 0 saturated carbocycles. The third-order valence-electron chi connectivity index (χ3n) is 5.37. The maximum Gasteiger partial charge on any atom is 0.0815 e. The fraction of sp³-hybridized carbons (Fsp3) is 0.429. The number of pyridine rings is 1. The third kappa shape index (κ3) is 4.11. The Labute approximate surface area is 166 Å². The summed E-state index contributed by atoms with van der Waals surface area (Å²) in [5, 5.41) is 0. The number of rotatable bonds is 4. The highest BCUT2D eigenvalue weighted by molar-refractivity contribution is 7.59. The van der Waals surface area contributed by atoms with Crippen molar-refractivity contribution in [3.63, 3.8) is 0 Å². The maximum absolute atomic E-state index is 4.50. The summed E-state index contributed by atoms with van der Waals surface area (Å²) in [6, 6.07) is 11.7. The van der Waals surface area contributed by atoms with Gasteiger partial charge in [0.2, 0.25) is 0 Å². The number of fused-ring (bicyclic) bond motifs is 1. The van der Waals surface area contributed by atoms with E-state index < -0.39 is 0 Å². The summed E-state index contributed by atoms with van der Waals surface area (Å²) in [7, 11) is 0. The number of nitrogens with zero attached hydrogens (tertiary/aromatic N) is 3. The molecule has 138 valence electrons. The van der Waals surface area contributed by atoms with E-state index in [4.69, 9.17) is 0 Å². The summed E-state index contributed by atoms with van der Waals surface area (Å²) in [6.07, 6.45) is 2.45. The first-order chi connectivity index (χ1) is 12.1. The van der Waals surface area contributed by atoms with Gasteiger partial charge in [-0.15, -0.1) is 11.3 Å². The Balaban J connectivity index is 0.00000196. The molecular weight excluding hydrogens is 358 g/mol. The average molecular weight is 386 g/mol. The normalized spacial score (nSPS) is 18.8. The minimum atomic E-state index is 0. The molecular formula is C21H27N3S2. The monoisotopic (exact) mass is 385 g/mol. The van der Waals surface area contributed by atoms with Crippen LogP contribution in [0.15, 0.2) is 35.8 Å². The molecule has 1 aromatic carbocycles. The molecule has 0 amide bonds. The highest BCUT2D eigenvalue weighted by Crippen LogP contribution is 2.31. The van der Waals surface area contributed by atoms with E-state index in [2.05, 4.69) is 66.0 Å². The third-order valence-corrected chi connectivity index (χ3v) is 6.18. The van der Waals surface area contributed by atoms with Crippen LogP contribution in [-0.4, -0.2) is 28.0 Å². The van der Waals surface area contributed by atoms with E-state index in [0.29, 0.717) is 6.04 Å². The second-order valence-corrected chi connectivity index (χ2v) is 8.25. The van der Waals surface area contributed by atoms with Crippen molar-refractivity contribution in [2.75, 3.05) is 13.1 Å². The highest BCUT2D eigenvalue weighted by atomic mass is 32.1. The lowest BCUT2D eigenvalue weighted by Gasteiger charge is -2.25. The first-order valence-corrected chi connectivity index (χ1v) is 9.98. The molecule has 3 nitrogen and oxygen atoms in total. The van der Waals surface area contributed by atoms with Gasteiger partial charge in [-0.1, -0.05) is 6.07 Å². The van der Waals surface area contributed by atoms with Crippen molar-refractivity contribution in [2.45, 2.75) is 39.7 Å². The van der Waals surface area contributed by atoms with Crippen molar-refractivity contribution < 1.29 is 0 Å². The smallest absolute Gasteiger partial charge is 0.0815 e. The summed E-state index contributed by atoms with van der Waals surface area (Å²) in [6.45, 7) is 8.87. The lowest BCUT2D eigenvalue weighted by molar-refractivity contribution is 0.252. The Morgan fingerprint density at radius 3 is 2.73 bits per heavy atom. The van der Waals surface area contributed by atoms with Crippen LogP contribution in [0.1, 0.15) is 41.9 Å². The number of thiazole rings is 1. The van der Waals surface area contributed by atoms with Gasteiger partial charge in [-0.3, -0.25) is 9.88 Å². The molecule has 3 heterocycles. The first-order valence-electron chi connectivity index (χ1n) is 9.10. The van der Waals surface area contributed by atoms with Crippen molar-refractivity contribution in [1.82, 2.24) is 14.9 Å². The van der Waals surface area contributed by atoms with Crippen LogP contribution in [0.2, 0.25) is 0 Å². The molecule has 1 fully saturated rings. The molecule has 26 heavy (non-hydrogen) atoms. The second kappa shape index (κ2) is 8.07. The van der Waals surface area contributed by atoms with E-state index in [1.165, 1.54) is 41.8 Å². The minimum absolute atomic E-state index is 0. The fourth-order valence-electron chi connectivity index (χ4n) is 4.10. The number of benzene rings is 1. The van der Waals surface area contributed by atoms with E-state index in [-0.39, 0.29) is 13.5 Å². The number of likely N-dealkylation sites (tertiary alicyclic amines) is 1. The topological polar surface area (TPSA) is 29.0 Å². The Morgan fingerprint density at radius 1 is 1.19 bits per heavy atom. The molecule has 2 unspecified atom stereocenters. The van der Waals surface area contributed by atoms with Crippen LogP contribution < -0.4 is 0 Å². The van der Waals surface area contributed by atoms with Gasteiger partial charge in [-0.05, 0) is 81.5 Å². The summed E-state index contributed by atoms with van der Waals surface area (Å²) < 4.78 is 1.28. The zero-order valence-electron chi connectivity index (χ0n) is 15.7. The lowest BCUT2D eigenvalue weighted by atomic mass is 9.98. The molecule has 3 aromatic rings. The van der Waals surface area contributed by atoms with Gasteiger partial charge in [-0.25, -0.2) is 4.98 Å². The van der Waals surface area contributed by atoms with Gasteiger partial charge in [-0.2, -0.15) is 13.5 Å². The number of hydrogen-bond donors (Lipinski definition) is 0. The summed E-state index contributed by atoms with van der Waals surface area (Å²) in [5.41, 5.74) is 8.16. The van der Waals surface area contributed by atoms with E-state index in [1.807, 2.05) is 5.51 Å². The average Bonchev–Trinajstić information content (AvgIpc) is 3.21. The first kappa shape index (κ1) is 19.3. The lowest BCUT2D eigenvalue weighted by Crippen LogP contribution is -2.24. The van der Waals surface area contributed by atoms with Gasteiger partial charge in [0.05, 0.1) is 15.7 Å². The maximum atomic E-state index is 4.50. The van der Waals surface area contributed by atoms with Gasteiger partial charge in [0.15, 0.2) is 0 Å². The summed E-state index contributed by atoms with van der Waals surface area (Å²) >= 11 is 1.71. The van der Waals surface area contributed by atoms with E-state index in [1.54, 1.807) is 11.3 Å². The van der Waals surface area contributed by atoms with Crippen LogP contribution in [0.4, 0.5) is 0 Å². The molecule has 0 spiro atoms. The molecule has 2 atom stereocenters. The molecule has 0 aliphatic carbocycles. The predicted octanol–water partition coefficient (Wildman–Crippen LogP) is 5.05. The standard InChI is InChI=1S/C21H25N3S.H2S/c1-14-8-18(9-15(2)23-14)10-17-6-7-24(12-17)16(3)19-4-5-21-20(11-19)22-13-25-21;/h4-5,8-9,11,13,16-17H,6-7,10,12H2,1-3H3;1H2. The van der Waals surface area contributed by atoms with Crippen molar-refractivity contribution >= 4 is 35.0 Å². The van der Waals surface area contributed by atoms with Gasteiger partial charge in [0.1, 0.15) is 0 Å². The number of aryl methyl sites for hydroxylation is 2. The number of aromatic nitrogens is 2. The molecule has 0 bridgehead atoms. The van der Waals surface area contributed by atoms with Crippen LogP contribution in [0.3, 0.4) is 0 Å². The largest absolute Gasteiger partial charge is 0.296 e. The molecule has 1 aliphatic heterocycles. The quantitative estimate of drug-likeness (QED) is 0.629. The van der Waals surface area contributed by atoms with Crippen LogP contribution in [0, 0.1) is 19.8 Å². The SMILES string of the molecule is Cc1cc(CC2CCN(C(C)c3ccc4scnc4c3)C2)cc(C)n1.S. The fourth-order valence-corrected chi connectivity index (χ4v) is 4.76. The Hall–Kier alpha value is -1.43. The van der Waals surface area contributed by atoms with E-state index in [0.717, 1.165) is 22.8 Å².